The SMILES string of the molecule is C=C(C)C[C@@H](c1ccc(C(C)(C)C)cc1)N1CCNCC1. The molecule has 1 N–H and O–H groups in total. The zero-order chi connectivity index (χ0) is 15.5. The minimum absolute atomic E-state index is 0.220. The van der Waals surface area contributed by atoms with Gasteiger partial charge in [0.05, 0.1) is 0 Å². The smallest absolute Gasteiger partial charge is 0.0386 e. The zero-order valence-electron chi connectivity index (χ0n) is 14.1. The highest BCUT2D eigenvalue weighted by molar-refractivity contribution is 5.30. The molecule has 0 saturated carbocycles. The van der Waals surface area contributed by atoms with Crippen LogP contribution in [0, 0.1) is 0 Å². The molecule has 21 heavy (non-hydrogen) atoms. The van der Waals surface area contributed by atoms with Crippen molar-refractivity contribution < 1.29 is 0 Å². The first-order valence-corrected chi connectivity index (χ1v) is 8.07. The lowest BCUT2D eigenvalue weighted by Gasteiger charge is -2.35. The van der Waals surface area contributed by atoms with Crippen LogP contribution in [0.4, 0.5) is 0 Å². The van der Waals surface area contributed by atoms with E-state index in [1.807, 2.05) is 0 Å². The minimum Gasteiger partial charge on any atom is -0.314 e. The molecule has 1 aliphatic heterocycles. The topological polar surface area (TPSA) is 15.3 Å². The van der Waals surface area contributed by atoms with Crippen LogP contribution in [0.25, 0.3) is 0 Å². The van der Waals surface area contributed by atoms with Crippen LogP contribution in [-0.2, 0) is 5.41 Å². The predicted molar refractivity (Wildman–Crippen MR) is 91.8 cm³/mol. The van der Waals surface area contributed by atoms with Crippen LogP contribution in [0.15, 0.2) is 36.4 Å². The van der Waals surface area contributed by atoms with E-state index >= 15 is 0 Å². The summed E-state index contributed by atoms with van der Waals surface area (Å²) < 4.78 is 0. The lowest BCUT2D eigenvalue weighted by molar-refractivity contribution is 0.172. The highest BCUT2D eigenvalue weighted by Crippen LogP contribution is 2.30. The van der Waals surface area contributed by atoms with Gasteiger partial charge in [-0.3, -0.25) is 4.90 Å². The van der Waals surface area contributed by atoms with Crippen molar-refractivity contribution in [2.45, 2.75) is 45.6 Å². The van der Waals surface area contributed by atoms with Crippen molar-refractivity contribution in [2.75, 3.05) is 26.2 Å². The third-order valence-electron chi connectivity index (χ3n) is 4.30. The number of piperazine rings is 1. The first-order chi connectivity index (χ1) is 9.88. The van der Waals surface area contributed by atoms with Crippen molar-refractivity contribution >= 4 is 0 Å². The van der Waals surface area contributed by atoms with Crippen LogP contribution in [-0.4, -0.2) is 31.1 Å². The van der Waals surface area contributed by atoms with Gasteiger partial charge in [-0.2, -0.15) is 0 Å². The van der Waals surface area contributed by atoms with Gasteiger partial charge in [-0.1, -0.05) is 50.6 Å². The number of rotatable bonds is 4. The molecule has 2 rings (SSSR count). The fourth-order valence-electron chi connectivity index (χ4n) is 2.99. The van der Waals surface area contributed by atoms with E-state index in [-0.39, 0.29) is 5.41 Å². The summed E-state index contributed by atoms with van der Waals surface area (Å²) in [5.74, 6) is 0. The summed E-state index contributed by atoms with van der Waals surface area (Å²) in [6, 6.07) is 9.69. The maximum absolute atomic E-state index is 4.13. The molecule has 1 aliphatic rings. The molecule has 0 bridgehead atoms. The lowest BCUT2D eigenvalue weighted by Crippen LogP contribution is -2.45. The Morgan fingerprint density at radius 3 is 2.24 bits per heavy atom. The second kappa shape index (κ2) is 6.76. The summed E-state index contributed by atoms with van der Waals surface area (Å²) in [5, 5.41) is 3.44. The van der Waals surface area contributed by atoms with E-state index < -0.39 is 0 Å². The van der Waals surface area contributed by atoms with E-state index in [0.29, 0.717) is 6.04 Å². The van der Waals surface area contributed by atoms with E-state index in [0.717, 1.165) is 32.6 Å². The number of nitrogens with one attached hydrogen (secondary N) is 1. The molecule has 0 spiro atoms. The van der Waals surface area contributed by atoms with Gasteiger partial charge >= 0.3 is 0 Å². The largest absolute Gasteiger partial charge is 0.314 e. The highest BCUT2D eigenvalue weighted by atomic mass is 15.2. The summed E-state index contributed by atoms with van der Waals surface area (Å²) in [7, 11) is 0. The minimum atomic E-state index is 0.220. The Labute approximate surface area is 130 Å². The Morgan fingerprint density at radius 2 is 1.76 bits per heavy atom. The number of hydrogen-bond donors (Lipinski definition) is 1. The molecule has 1 atom stereocenters. The van der Waals surface area contributed by atoms with Crippen LogP contribution in [0.2, 0.25) is 0 Å². The Hall–Kier alpha value is -1.12. The van der Waals surface area contributed by atoms with Gasteiger partial charge in [0, 0.05) is 32.2 Å². The lowest BCUT2D eigenvalue weighted by atomic mass is 9.85. The van der Waals surface area contributed by atoms with Gasteiger partial charge in [-0.25, -0.2) is 0 Å². The van der Waals surface area contributed by atoms with Crippen molar-refractivity contribution in [3.63, 3.8) is 0 Å². The third-order valence-corrected chi connectivity index (χ3v) is 4.30. The van der Waals surface area contributed by atoms with Gasteiger partial charge in [0.15, 0.2) is 0 Å². The maximum Gasteiger partial charge on any atom is 0.0386 e. The number of benzene rings is 1. The van der Waals surface area contributed by atoms with E-state index in [9.17, 15) is 0 Å². The molecular weight excluding hydrogens is 256 g/mol. The quantitative estimate of drug-likeness (QED) is 0.845. The summed E-state index contributed by atoms with van der Waals surface area (Å²) in [4.78, 5) is 2.59. The van der Waals surface area contributed by atoms with E-state index in [1.165, 1.54) is 16.7 Å². The second-order valence-electron chi connectivity index (χ2n) is 7.34. The van der Waals surface area contributed by atoms with Gasteiger partial charge in [0.2, 0.25) is 0 Å². The first-order valence-electron chi connectivity index (χ1n) is 8.07. The molecule has 1 heterocycles. The molecule has 1 aromatic rings. The fraction of sp³-hybridized carbons (Fsp3) is 0.579. The van der Waals surface area contributed by atoms with E-state index in [2.05, 4.69) is 68.8 Å². The molecule has 0 amide bonds. The highest BCUT2D eigenvalue weighted by Gasteiger charge is 2.22. The molecule has 0 unspecified atom stereocenters. The molecule has 0 radical (unpaired) electrons. The summed E-state index contributed by atoms with van der Waals surface area (Å²) in [5.41, 5.74) is 4.31. The normalized spacial score (nSPS) is 18.5. The molecule has 1 aromatic carbocycles. The van der Waals surface area contributed by atoms with E-state index in [4.69, 9.17) is 0 Å². The van der Waals surface area contributed by atoms with Gasteiger partial charge in [0.1, 0.15) is 0 Å². The van der Waals surface area contributed by atoms with E-state index in [1.54, 1.807) is 0 Å². The van der Waals surface area contributed by atoms with Crippen molar-refractivity contribution in [1.82, 2.24) is 10.2 Å². The van der Waals surface area contributed by atoms with Crippen LogP contribution in [0.3, 0.4) is 0 Å². The van der Waals surface area contributed by atoms with Crippen molar-refractivity contribution in [3.8, 4) is 0 Å². The summed E-state index contributed by atoms with van der Waals surface area (Å²) >= 11 is 0. The second-order valence-corrected chi connectivity index (χ2v) is 7.34. The molecule has 1 fully saturated rings. The van der Waals surface area contributed by atoms with Crippen molar-refractivity contribution in [1.29, 1.82) is 0 Å². The molecule has 2 heteroatoms. The molecule has 0 aromatic heterocycles. The zero-order valence-corrected chi connectivity index (χ0v) is 14.1. The van der Waals surface area contributed by atoms with Crippen LogP contribution < -0.4 is 5.32 Å². The van der Waals surface area contributed by atoms with Gasteiger partial charge in [0.25, 0.3) is 0 Å². The van der Waals surface area contributed by atoms with Gasteiger partial charge in [-0.05, 0) is 29.9 Å². The van der Waals surface area contributed by atoms with Gasteiger partial charge < -0.3 is 5.32 Å². The standard InChI is InChI=1S/C19H30N2/c1-15(2)14-18(21-12-10-20-11-13-21)16-6-8-17(9-7-16)19(3,4)5/h6-9,18,20H,1,10-14H2,2-5H3/t18-/m0/s1. The first kappa shape index (κ1) is 16.3. The van der Waals surface area contributed by atoms with Crippen molar-refractivity contribution in [2.24, 2.45) is 0 Å². The Kier molecular flexibility index (Phi) is 5.23. The Morgan fingerprint density at radius 1 is 1.19 bits per heavy atom. The molecule has 2 nitrogen and oxygen atoms in total. The molecule has 116 valence electrons. The average molecular weight is 286 g/mol. The van der Waals surface area contributed by atoms with Crippen molar-refractivity contribution in [3.05, 3.63) is 47.5 Å². The van der Waals surface area contributed by atoms with Crippen LogP contribution in [0.5, 0.6) is 0 Å². The maximum atomic E-state index is 4.13. The molecule has 1 saturated heterocycles. The molecular formula is C19H30N2. The fourth-order valence-corrected chi connectivity index (χ4v) is 2.99. The van der Waals surface area contributed by atoms with Crippen LogP contribution >= 0.6 is 0 Å². The Balaban J connectivity index is 2.21. The van der Waals surface area contributed by atoms with Gasteiger partial charge in [-0.15, -0.1) is 6.58 Å². The van der Waals surface area contributed by atoms with Crippen LogP contribution in [0.1, 0.15) is 51.3 Å². The summed E-state index contributed by atoms with van der Waals surface area (Å²) in [6.45, 7) is 17.5. The monoisotopic (exact) mass is 286 g/mol. The predicted octanol–water partition coefficient (Wildman–Crippen LogP) is 3.90. The Bertz CT molecular complexity index is 461. The third kappa shape index (κ3) is 4.42. The average Bonchev–Trinajstić information content (AvgIpc) is 2.45. The number of hydrogen-bond acceptors (Lipinski definition) is 2. The number of nitrogens with zero attached hydrogens (tertiary/aromatic N) is 1. The summed E-state index contributed by atoms with van der Waals surface area (Å²) in [6.07, 6.45) is 1.05. The molecule has 0 aliphatic carbocycles.